The van der Waals surface area contributed by atoms with Crippen LogP contribution in [0, 0.1) is 28.6 Å². The fraction of sp³-hybridized carbons (Fsp3) is 0.867. The molecule has 0 radical (unpaired) electrons. The summed E-state index contributed by atoms with van der Waals surface area (Å²) in [6.45, 7) is 9.14. The van der Waals surface area contributed by atoms with Gasteiger partial charge in [0.25, 0.3) is 0 Å². The Hall–Kier alpha value is -0.300. The molecule has 0 aliphatic heterocycles. The maximum absolute atomic E-state index is 10.7. The monoisotopic (exact) mass is 220 g/mol. The van der Waals surface area contributed by atoms with Crippen molar-refractivity contribution in [3.63, 3.8) is 0 Å². The first kappa shape index (κ1) is 10.8. The van der Waals surface area contributed by atoms with Gasteiger partial charge in [-0.1, -0.05) is 32.9 Å². The van der Waals surface area contributed by atoms with E-state index >= 15 is 0 Å². The summed E-state index contributed by atoms with van der Waals surface area (Å²) in [6, 6.07) is 0. The van der Waals surface area contributed by atoms with Gasteiger partial charge in [-0.15, -0.1) is 0 Å². The van der Waals surface area contributed by atoms with E-state index in [1.807, 2.05) is 6.92 Å². The third kappa shape index (κ3) is 0.971. The van der Waals surface area contributed by atoms with Gasteiger partial charge in [0, 0.05) is 5.92 Å². The van der Waals surface area contributed by atoms with Crippen molar-refractivity contribution >= 4 is 0 Å². The van der Waals surface area contributed by atoms with Crippen LogP contribution in [0.15, 0.2) is 12.2 Å². The molecule has 0 amide bonds. The molecule has 90 valence electrons. The van der Waals surface area contributed by atoms with Crippen molar-refractivity contribution in [2.75, 3.05) is 0 Å². The number of hydrogen-bond donors (Lipinski definition) is 1. The molecule has 1 unspecified atom stereocenters. The van der Waals surface area contributed by atoms with Crippen LogP contribution in [-0.2, 0) is 0 Å². The zero-order chi connectivity index (χ0) is 11.8. The maximum Gasteiger partial charge on any atom is 0.0838 e. The molecular weight excluding hydrogens is 196 g/mol. The fourth-order valence-electron chi connectivity index (χ4n) is 5.51. The number of aliphatic hydroxyl groups is 1. The normalized spacial score (nSPS) is 58.6. The topological polar surface area (TPSA) is 20.2 Å². The summed E-state index contributed by atoms with van der Waals surface area (Å²) in [5, 5.41) is 10.7. The predicted octanol–water partition coefficient (Wildman–Crippen LogP) is 3.39. The van der Waals surface area contributed by atoms with Gasteiger partial charge in [0.05, 0.1) is 5.60 Å². The van der Waals surface area contributed by atoms with Crippen molar-refractivity contribution in [2.45, 2.75) is 52.6 Å². The highest BCUT2D eigenvalue weighted by Crippen LogP contribution is 2.74. The lowest BCUT2D eigenvalue weighted by atomic mass is 9.62. The van der Waals surface area contributed by atoms with Crippen LogP contribution < -0.4 is 0 Å². The molecule has 16 heavy (non-hydrogen) atoms. The molecule has 2 fully saturated rings. The molecule has 1 N–H and O–H groups in total. The lowest BCUT2D eigenvalue weighted by Gasteiger charge is -2.45. The molecule has 0 aromatic rings. The van der Waals surface area contributed by atoms with Crippen molar-refractivity contribution in [1.82, 2.24) is 0 Å². The average Bonchev–Trinajstić information content (AvgIpc) is 2.57. The van der Waals surface area contributed by atoms with E-state index in [9.17, 15) is 5.11 Å². The van der Waals surface area contributed by atoms with E-state index < -0.39 is 5.60 Å². The second kappa shape index (κ2) is 2.75. The van der Waals surface area contributed by atoms with E-state index in [0.29, 0.717) is 28.6 Å². The zero-order valence-electron chi connectivity index (χ0n) is 11.0. The second-order valence-electron chi connectivity index (χ2n) is 7.22. The number of hydrogen-bond acceptors (Lipinski definition) is 1. The molecule has 0 spiro atoms. The summed E-state index contributed by atoms with van der Waals surface area (Å²) in [7, 11) is 0. The quantitative estimate of drug-likeness (QED) is 0.672. The maximum atomic E-state index is 10.7. The first-order valence-corrected chi connectivity index (χ1v) is 6.75. The molecule has 2 saturated carbocycles. The molecule has 3 aliphatic rings. The van der Waals surface area contributed by atoms with Crippen LogP contribution in [0.25, 0.3) is 0 Å². The first-order chi connectivity index (χ1) is 7.33. The Morgan fingerprint density at radius 1 is 1.25 bits per heavy atom. The molecule has 1 heteroatoms. The third-order valence-electron chi connectivity index (χ3n) is 6.21. The Bertz CT molecular complexity index is 354. The Labute approximate surface area is 98.9 Å². The van der Waals surface area contributed by atoms with Crippen molar-refractivity contribution in [3.8, 4) is 0 Å². The van der Waals surface area contributed by atoms with Gasteiger partial charge in [-0.25, -0.2) is 0 Å². The van der Waals surface area contributed by atoms with E-state index in [0.717, 1.165) is 0 Å². The molecule has 0 aromatic carbocycles. The van der Waals surface area contributed by atoms with Gasteiger partial charge in [0.1, 0.15) is 0 Å². The smallest absolute Gasteiger partial charge is 0.0838 e. The van der Waals surface area contributed by atoms with Crippen LogP contribution in [0.4, 0.5) is 0 Å². The Balaban J connectivity index is 2.16. The summed E-state index contributed by atoms with van der Waals surface area (Å²) < 4.78 is 0. The number of allylic oxidation sites excluding steroid dienone is 1. The van der Waals surface area contributed by atoms with E-state index in [1.165, 1.54) is 19.3 Å². The third-order valence-corrected chi connectivity index (χ3v) is 6.21. The van der Waals surface area contributed by atoms with Gasteiger partial charge in [-0.3, -0.25) is 0 Å². The molecule has 0 aromatic heterocycles. The standard InChI is InChI=1S/C15H24O/c1-10(2)15-8-7-13(3)11(9-15)5-6-14(4,16)12(13)15/h5-6,10-12,16H,7-9H2,1-4H3/t11-,12+,13+,14?,15-/m1/s1. The second-order valence-corrected chi connectivity index (χ2v) is 7.22. The molecule has 1 nitrogen and oxygen atoms in total. The minimum Gasteiger partial charge on any atom is -0.386 e. The minimum absolute atomic E-state index is 0.364. The van der Waals surface area contributed by atoms with E-state index in [2.05, 4.69) is 32.9 Å². The lowest BCUT2D eigenvalue weighted by Crippen LogP contribution is -2.47. The summed E-state index contributed by atoms with van der Waals surface area (Å²) in [5.41, 5.74) is 0.178. The summed E-state index contributed by atoms with van der Waals surface area (Å²) in [6.07, 6.45) is 8.32. The molecule has 3 rings (SSSR count). The SMILES string of the molecule is CC(C)[C@]12CC[C@@]3(C)[C@H](C=CC(C)(O)[C@@H]13)C2. The highest BCUT2D eigenvalue weighted by atomic mass is 16.3. The summed E-state index contributed by atoms with van der Waals surface area (Å²) in [5.74, 6) is 1.88. The Morgan fingerprint density at radius 2 is 1.94 bits per heavy atom. The number of rotatable bonds is 1. The van der Waals surface area contributed by atoms with Gasteiger partial charge in [-0.05, 0) is 48.9 Å². The van der Waals surface area contributed by atoms with Gasteiger partial charge < -0.3 is 5.11 Å². The van der Waals surface area contributed by atoms with Crippen molar-refractivity contribution < 1.29 is 5.11 Å². The summed E-state index contributed by atoms with van der Waals surface area (Å²) in [4.78, 5) is 0. The van der Waals surface area contributed by atoms with Crippen LogP contribution in [0.2, 0.25) is 0 Å². The summed E-state index contributed by atoms with van der Waals surface area (Å²) >= 11 is 0. The molecular formula is C15H24O. The fourth-order valence-corrected chi connectivity index (χ4v) is 5.51. The van der Waals surface area contributed by atoms with Gasteiger partial charge >= 0.3 is 0 Å². The van der Waals surface area contributed by atoms with E-state index in [1.54, 1.807) is 0 Å². The predicted molar refractivity (Wildman–Crippen MR) is 66.0 cm³/mol. The van der Waals surface area contributed by atoms with Crippen LogP contribution in [-0.4, -0.2) is 10.7 Å². The highest BCUT2D eigenvalue weighted by molar-refractivity contribution is 5.28. The van der Waals surface area contributed by atoms with Gasteiger partial charge in [0.15, 0.2) is 0 Å². The van der Waals surface area contributed by atoms with Crippen LogP contribution in [0.1, 0.15) is 47.0 Å². The molecule has 5 atom stereocenters. The highest BCUT2D eigenvalue weighted by Gasteiger charge is 2.70. The molecule has 3 aliphatic carbocycles. The van der Waals surface area contributed by atoms with Crippen LogP contribution in [0.3, 0.4) is 0 Å². The van der Waals surface area contributed by atoms with Crippen LogP contribution in [0.5, 0.6) is 0 Å². The molecule has 0 heterocycles. The van der Waals surface area contributed by atoms with E-state index in [4.69, 9.17) is 0 Å². The lowest BCUT2D eigenvalue weighted by molar-refractivity contribution is -0.0512. The van der Waals surface area contributed by atoms with Crippen molar-refractivity contribution in [1.29, 1.82) is 0 Å². The first-order valence-electron chi connectivity index (χ1n) is 6.75. The largest absolute Gasteiger partial charge is 0.386 e. The molecule has 0 saturated heterocycles. The average molecular weight is 220 g/mol. The van der Waals surface area contributed by atoms with E-state index in [-0.39, 0.29) is 0 Å². The minimum atomic E-state index is -0.581. The van der Waals surface area contributed by atoms with Crippen molar-refractivity contribution in [2.24, 2.45) is 28.6 Å². The van der Waals surface area contributed by atoms with Crippen molar-refractivity contribution in [3.05, 3.63) is 12.2 Å². The Morgan fingerprint density at radius 3 is 2.56 bits per heavy atom. The van der Waals surface area contributed by atoms with Crippen LogP contribution >= 0.6 is 0 Å². The van der Waals surface area contributed by atoms with Gasteiger partial charge in [-0.2, -0.15) is 0 Å². The zero-order valence-corrected chi connectivity index (χ0v) is 11.0. The molecule has 4 bridgehead atoms. The Kier molecular flexibility index (Phi) is 1.86. The van der Waals surface area contributed by atoms with Gasteiger partial charge in [0.2, 0.25) is 0 Å².